The van der Waals surface area contributed by atoms with Crippen LogP contribution in [0.1, 0.15) is 12.8 Å². The summed E-state index contributed by atoms with van der Waals surface area (Å²) in [5.74, 6) is 0.299. The minimum Gasteiger partial charge on any atom is -0.371 e. The number of piperidine rings is 1. The fourth-order valence-electron chi connectivity index (χ4n) is 2.84. The van der Waals surface area contributed by atoms with E-state index in [0.29, 0.717) is 0 Å². The molecule has 1 fully saturated rings. The van der Waals surface area contributed by atoms with Gasteiger partial charge in [0, 0.05) is 55.7 Å². The number of amides is 1. The molecule has 0 unspecified atom stereocenters. The molecule has 0 radical (unpaired) electrons. The summed E-state index contributed by atoms with van der Waals surface area (Å²) >= 11 is 0. The van der Waals surface area contributed by atoms with E-state index in [4.69, 9.17) is 0 Å². The van der Waals surface area contributed by atoms with Crippen LogP contribution >= 0.6 is 0 Å². The zero-order chi connectivity index (χ0) is 13.9. The first kappa shape index (κ1) is 12.8. The van der Waals surface area contributed by atoms with Gasteiger partial charge in [-0.2, -0.15) is 0 Å². The highest BCUT2D eigenvalue weighted by molar-refractivity contribution is 5.90. The van der Waals surface area contributed by atoms with Crippen LogP contribution in [0.2, 0.25) is 0 Å². The highest BCUT2D eigenvalue weighted by atomic mass is 16.1. The van der Waals surface area contributed by atoms with Gasteiger partial charge in [-0.15, -0.1) is 0 Å². The SMILES string of the molecule is CNC(=O)C1CCN(c2ccnc3ccncc23)CC1. The van der Waals surface area contributed by atoms with Crippen molar-refractivity contribution >= 4 is 22.5 Å². The number of anilines is 1. The average Bonchev–Trinajstić information content (AvgIpc) is 2.54. The molecule has 1 saturated heterocycles. The minimum absolute atomic E-state index is 0.141. The van der Waals surface area contributed by atoms with Crippen LogP contribution in [-0.2, 0) is 4.79 Å². The van der Waals surface area contributed by atoms with Crippen molar-refractivity contribution in [2.24, 2.45) is 5.92 Å². The summed E-state index contributed by atoms with van der Waals surface area (Å²) < 4.78 is 0. The van der Waals surface area contributed by atoms with Crippen LogP contribution in [0.25, 0.3) is 10.9 Å². The van der Waals surface area contributed by atoms with Gasteiger partial charge in [0.15, 0.2) is 0 Å². The lowest BCUT2D eigenvalue weighted by Gasteiger charge is -2.33. The van der Waals surface area contributed by atoms with Crippen molar-refractivity contribution in [1.82, 2.24) is 15.3 Å². The number of hydrogen-bond acceptors (Lipinski definition) is 4. The van der Waals surface area contributed by atoms with E-state index in [1.807, 2.05) is 24.5 Å². The van der Waals surface area contributed by atoms with Crippen LogP contribution < -0.4 is 10.2 Å². The summed E-state index contributed by atoms with van der Waals surface area (Å²) in [4.78, 5) is 22.6. The molecule has 20 heavy (non-hydrogen) atoms. The van der Waals surface area contributed by atoms with Crippen molar-refractivity contribution in [3.8, 4) is 0 Å². The summed E-state index contributed by atoms with van der Waals surface area (Å²) in [5, 5.41) is 3.82. The predicted octanol–water partition coefficient (Wildman–Crippen LogP) is 1.59. The third-order valence-electron chi connectivity index (χ3n) is 3.97. The van der Waals surface area contributed by atoms with Crippen LogP contribution in [0.15, 0.2) is 30.7 Å². The Bertz CT molecular complexity index is 615. The molecule has 3 rings (SSSR count). The number of carbonyl (C=O) groups is 1. The van der Waals surface area contributed by atoms with Crippen molar-refractivity contribution in [3.63, 3.8) is 0 Å². The fraction of sp³-hybridized carbons (Fsp3) is 0.400. The van der Waals surface area contributed by atoms with E-state index in [2.05, 4.69) is 20.2 Å². The quantitative estimate of drug-likeness (QED) is 0.900. The molecule has 104 valence electrons. The van der Waals surface area contributed by atoms with E-state index in [9.17, 15) is 4.79 Å². The monoisotopic (exact) mass is 270 g/mol. The normalized spacial score (nSPS) is 16.4. The Morgan fingerprint density at radius 1 is 1.30 bits per heavy atom. The minimum atomic E-state index is 0.141. The second kappa shape index (κ2) is 5.45. The highest BCUT2D eigenvalue weighted by Gasteiger charge is 2.25. The zero-order valence-corrected chi connectivity index (χ0v) is 11.5. The number of rotatable bonds is 2. The van der Waals surface area contributed by atoms with Gasteiger partial charge < -0.3 is 10.2 Å². The van der Waals surface area contributed by atoms with Gasteiger partial charge in [-0.1, -0.05) is 0 Å². The fourth-order valence-corrected chi connectivity index (χ4v) is 2.84. The summed E-state index contributed by atoms with van der Waals surface area (Å²) in [5.41, 5.74) is 2.13. The molecule has 0 bridgehead atoms. The summed E-state index contributed by atoms with van der Waals surface area (Å²) in [6.45, 7) is 1.79. The number of nitrogens with zero attached hydrogens (tertiary/aromatic N) is 3. The molecule has 0 saturated carbocycles. The van der Waals surface area contributed by atoms with Crippen LogP contribution in [0.3, 0.4) is 0 Å². The van der Waals surface area contributed by atoms with Crippen molar-refractivity contribution in [1.29, 1.82) is 0 Å². The van der Waals surface area contributed by atoms with Gasteiger partial charge in [0.05, 0.1) is 5.52 Å². The molecule has 3 heterocycles. The van der Waals surface area contributed by atoms with Gasteiger partial charge >= 0.3 is 0 Å². The van der Waals surface area contributed by atoms with E-state index in [0.717, 1.165) is 36.8 Å². The number of hydrogen-bond donors (Lipinski definition) is 1. The zero-order valence-electron chi connectivity index (χ0n) is 11.5. The van der Waals surface area contributed by atoms with E-state index >= 15 is 0 Å². The molecule has 1 N–H and O–H groups in total. The lowest BCUT2D eigenvalue weighted by molar-refractivity contribution is -0.125. The largest absolute Gasteiger partial charge is 0.371 e. The van der Waals surface area contributed by atoms with Gasteiger partial charge in [0.2, 0.25) is 5.91 Å². The number of carbonyl (C=O) groups excluding carboxylic acids is 1. The molecular weight excluding hydrogens is 252 g/mol. The van der Waals surface area contributed by atoms with E-state index in [1.165, 1.54) is 5.69 Å². The van der Waals surface area contributed by atoms with Gasteiger partial charge in [0.25, 0.3) is 0 Å². The summed E-state index contributed by atoms with van der Waals surface area (Å²) in [6.07, 6.45) is 7.25. The van der Waals surface area contributed by atoms with E-state index < -0.39 is 0 Å². The molecule has 0 aliphatic carbocycles. The van der Waals surface area contributed by atoms with Crippen LogP contribution in [0.5, 0.6) is 0 Å². The van der Waals surface area contributed by atoms with Crippen LogP contribution in [0, 0.1) is 5.92 Å². The lowest BCUT2D eigenvalue weighted by atomic mass is 9.95. The Balaban J connectivity index is 1.82. The Morgan fingerprint density at radius 2 is 2.10 bits per heavy atom. The van der Waals surface area contributed by atoms with Crippen molar-refractivity contribution < 1.29 is 4.79 Å². The molecule has 5 nitrogen and oxygen atoms in total. The third-order valence-corrected chi connectivity index (χ3v) is 3.97. The first-order valence-electron chi connectivity index (χ1n) is 6.95. The maximum absolute atomic E-state index is 11.7. The molecule has 1 aliphatic heterocycles. The third kappa shape index (κ3) is 2.31. The second-order valence-electron chi connectivity index (χ2n) is 5.10. The Morgan fingerprint density at radius 3 is 2.85 bits per heavy atom. The molecule has 0 spiro atoms. The molecular formula is C15H18N4O. The Labute approximate surface area is 118 Å². The van der Waals surface area contributed by atoms with Gasteiger partial charge in [-0.05, 0) is 25.0 Å². The first-order chi connectivity index (χ1) is 9.79. The molecule has 0 atom stereocenters. The maximum atomic E-state index is 11.7. The topological polar surface area (TPSA) is 58.1 Å². The standard InChI is InChI=1S/C15H18N4O/c1-16-15(20)11-4-8-19(9-5-11)14-3-7-18-13-2-6-17-10-12(13)14/h2-3,6-7,10-11H,4-5,8-9H2,1H3,(H,16,20). The van der Waals surface area contributed by atoms with Crippen LogP contribution in [-0.4, -0.2) is 36.0 Å². The number of fused-ring (bicyclic) bond motifs is 1. The molecule has 2 aromatic heterocycles. The van der Waals surface area contributed by atoms with Crippen molar-refractivity contribution in [2.45, 2.75) is 12.8 Å². The van der Waals surface area contributed by atoms with Gasteiger partial charge in [0.1, 0.15) is 0 Å². The summed E-state index contributed by atoms with van der Waals surface area (Å²) in [7, 11) is 1.71. The molecule has 5 heteroatoms. The van der Waals surface area contributed by atoms with Gasteiger partial charge in [-0.3, -0.25) is 14.8 Å². The smallest absolute Gasteiger partial charge is 0.222 e. The first-order valence-corrected chi connectivity index (χ1v) is 6.95. The van der Waals surface area contributed by atoms with Crippen molar-refractivity contribution in [2.75, 3.05) is 25.0 Å². The number of aromatic nitrogens is 2. The van der Waals surface area contributed by atoms with Crippen molar-refractivity contribution in [3.05, 3.63) is 30.7 Å². The molecule has 1 amide bonds. The Kier molecular flexibility index (Phi) is 3.50. The lowest BCUT2D eigenvalue weighted by Crippen LogP contribution is -2.39. The number of nitrogens with one attached hydrogen (secondary N) is 1. The maximum Gasteiger partial charge on any atom is 0.222 e. The summed E-state index contributed by atoms with van der Waals surface area (Å²) in [6, 6.07) is 3.96. The van der Waals surface area contributed by atoms with Crippen LogP contribution in [0.4, 0.5) is 5.69 Å². The van der Waals surface area contributed by atoms with E-state index in [1.54, 1.807) is 13.2 Å². The van der Waals surface area contributed by atoms with Gasteiger partial charge in [-0.25, -0.2) is 0 Å². The molecule has 1 aliphatic rings. The molecule has 2 aromatic rings. The Hall–Kier alpha value is -2.17. The predicted molar refractivity (Wildman–Crippen MR) is 78.5 cm³/mol. The average molecular weight is 270 g/mol. The highest BCUT2D eigenvalue weighted by Crippen LogP contribution is 2.28. The molecule has 0 aromatic carbocycles. The number of pyridine rings is 2. The second-order valence-corrected chi connectivity index (χ2v) is 5.10. The van der Waals surface area contributed by atoms with E-state index in [-0.39, 0.29) is 11.8 Å².